The van der Waals surface area contributed by atoms with E-state index in [1.165, 1.54) is 12.8 Å². The lowest BCUT2D eigenvalue weighted by molar-refractivity contribution is 0.281. The lowest BCUT2D eigenvalue weighted by Gasteiger charge is -2.13. The molecule has 1 aromatic heterocycles. The van der Waals surface area contributed by atoms with Gasteiger partial charge in [0.1, 0.15) is 5.82 Å². The smallest absolute Gasteiger partial charge is 0.128 e. The SMILES string of the molecule is OCc1c(Br)cccc1NCc1nccn1C1CC1. The van der Waals surface area contributed by atoms with Crippen molar-refractivity contribution in [3.8, 4) is 0 Å². The number of hydrogen-bond acceptors (Lipinski definition) is 3. The van der Waals surface area contributed by atoms with E-state index >= 15 is 0 Å². The third-order valence-electron chi connectivity index (χ3n) is 3.40. The number of imidazole rings is 1. The van der Waals surface area contributed by atoms with E-state index in [0.29, 0.717) is 12.6 Å². The molecule has 5 heteroatoms. The summed E-state index contributed by atoms with van der Waals surface area (Å²) in [6, 6.07) is 6.50. The predicted molar refractivity (Wildman–Crippen MR) is 77.9 cm³/mol. The summed E-state index contributed by atoms with van der Waals surface area (Å²) in [4.78, 5) is 4.40. The van der Waals surface area contributed by atoms with Crippen molar-refractivity contribution in [1.29, 1.82) is 0 Å². The van der Waals surface area contributed by atoms with Crippen LogP contribution in [0.1, 0.15) is 30.3 Å². The molecular formula is C14H16BrN3O. The van der Waals surface area contributed by atoms with E-state index in [1.54, 1.807) is 0 Å². The summed E-state index contributed by atoms with van der Waals surface area (Å²) in [6.07, 6.45) is 6.40. The number of aromatic nitrogens is 2. The van der Waals surface area contributed by atoms with E-state index in [1.807, 2.05) is 30.6 Å². The maximum absolute atomic E-state index is 9.42. The van der Waals surface area contributed by atoms with Crippen molar-refractivity contribution < 1.29 is 5.11 Å². The number of anilines is 1. The van der Waals surface area contributed by atoms with Crippen molar-refractivity contribution in [3.63, 3.8) is 0 Å². The Labute approximate surface area is 120 Å². The molecule has 0 radical (unpaired) electrons. The van der Waals surface area contributed by atoms with Crippen LogP contribution in [-0.4, -0.2) is 14.7 Å². The molecule has 2 N–H and O–H groups in total. The molecule has 0 bridgehead atoms. The molecular weight excluding hydrogens is 306 g/mol. The summed E-state index contributed by atoms with van der Waals surface area (Å²) in [5, 5.41) is 12.8. The molecule has 3 rings (SSSR count). The number of hydrogen-bond donors (Lipinski definition) is 2. The molecule has 19 heavy (non-hydrogen) atoms. The maximum atomic E-state index is 9.42. The van der Waals surface area contributed by atoms with Gasteiger partial charge < -0.3 is 15.0 Å². The zero-order valence-corrected chi connectivity index (χ0v) is 12.1. The summed E-state index contributed by atoms with van der Waals surface area (Å²) >= 11 is 3.45. The van der Waals surface area contributed by atoms with Gasteiger partial charge in [0.05, 0.1) is 13.2 Å². The molecule has 0 amide bonds. The van der Waals surface area contributed by atoms with E-state index in [9.17, 15) is 5.11 Å². The Morgan fingerprint density at radius 2 is 2.26 bits per heavy atom. The zero-order valence-electron chi connectivity index (χ0n) is 10.5. The number of nitrogens with one attached hydrogen (secondary N) is 1. The topological polar surface area (TPSA) is 50.1 Å². The molecule has 0 atom stereocenters. The fourth-order valence-electron chi connectivity index (χ4n) is 2.23. The molecule has 4 nitrogen and oxygen atoms in total. The number of benzene rings is 1. The molecule has 1 aliphatic rings. The largest absolute Gasteiger partial charge is 0.392 e. The van der Waals surface area contributed by atoms with E-state index in [-0.39, 0.29) is 6.61 Å². The van der Waals surface area contributed by atoms with Crippen LogP contribution < -0.4 is 5.32 Å². The summed E-state index contributed by atoms with van der Waals surface area (Å²) < 4.78 is 3.16. The van der Waals surface area contributed by atoms with Crippen LogP contribution in [0.3, 0.4) is 0 Å². The van der Waals surface area contributed by atoms with Crippen molar-refractivity contribution in [2.24, 2.45) is 0 Å². The molecule has 0 unspecified atom stereocenters. The fourth-order valence-corrected chi connectivity index (χ4v) is 2.72. The van der Waals surface area contributed by atoms with Crippen LogP contribution in [0.4, 0.5) is 5.69 Å². The van der Waals surface area contributed by atoms with Gasteiger partial charge in [0.2, 0.25) is 0 Å². The molecule has 1 saturated carbocycles. The Bertz CT molecular complexity index is 578. The third kappa shape index (κ3) is 2.67. The Morgan fingerprint density at radius 3 is 3.00 bits per heavy atom. The van der Waals surface area contributed by atoms with Gasteiger partial charge in [-0.15, -0.1) is 0 Å². The molecule has 1 aromatic carbocycles. The quantitative estimate of drug-likeness (QED) is 0.889. The van der Waals surface area contributed by atoms with Crippen molar-refractivity contribution >= 4 is 21.6 Å². The molecule has 2 aromatic rings. The van der Waals surface area contributed by atoms with Gasteiger partial charge in [-0.3, -0.25) is 0 Å². The lowest BCUT2D eigenvalue weighted by atomic mass is 10.2. The van der Waals surface area contributed by atoms with Gasteiger partial charge in [-0.05, 0) is 25.0 Å². The monoisotopic (exact) mass is 321 g/mol. The Balaban J connectivity index is 1.75. The summed E-state index contributed by atoms with van der Waals surface area (Å²) in [7, 11) is 0. The molecule has 0 spiro atoms. The molecule has 1 heterocycles. The van der Waals surface area contributed by atoms with Gasteiger partial charge in [0.15, 0.2) is 0 Å². The Kier molecular flexibility index (Phi) is 3.57. The minimum absolute atomic E-state index is 0.0147. The highest BCUT2D eigenvalue weighted by Crippen LogP contribution is 2.35. The van der Waals surface area contributed by atoms with E-state index < -0.39 is 0 Å². The summed E-state index contributed by atoms with van der Waals surface area (Å²) in [5.74, 6) is 1.05. The zero-order chi connectivity index (χ0) is 13.2. The van der Waals surface area contributed by atoms with Gasteiger partial charge in [0, 0.05) is 34.2 Å². The van der Waals surface area contributed by atoms with Crippen LogP contribution in [0.15, 0.2) is 35.1 Å². The molecule has 0 saturated heterocycles. The van der Waals surface area contributed by atoms with E-state index in [4.69, 9.17) is 0 Å². The second-order valence-electron chi connectivity index (χ2n) is 4.76. The maximum Gasteiger partial charge on any atom is 0.128 e. The fraction of sp³-hybridized carbons (Fsp3) is 0.357. The van der Waals surface area contributed by atoms with Crippen LogP contribution in [0.5, 0.6) is 0 Å². The highest BCUT2D eigenvalue weighted by molar-refractivity contribution is 9.10. The van der Waals surface area contributed by atoms with Crippen molar-refractivity contribution in [3.05, 3.63) is 46.5 Å². The van der Waals surface area contributed by atoms with Gasteiger partial charge in [-0.25, -0.2) is 4.98 Å². The first kappa shape index (κ1) is 12.7. The number of nitrogens with zero attached hydrogens (tertiary/aromatic N) is 2. The number of rotatable bonds is 5. The predicted octanol–water partition coefficient (Wildman–Crippen LogP) is 3.08. The van der Waals surface area contributed by atoms with Crippen LogP contribution in [0, 0.1) is 0 Å². The average Bonchev–Trinajstić information content (AvgIpc) is 3.15. The van der Waals surface area contributed by atoms with Gasteiger partial charge in [0.25, 0.3) is 0 Å². The van der Waals surface area contributed by atoms with Gasteiger partial charge in [-0.1, -0.05) is 22.0 Å². The first-order valence-corrected chi connectivity index (χ1v) is 7.22. The second-order valence-corrected chi connectivity index (χ2v) is 5.61. The minimum Gasteiger partial charge on any atom is -0.392 e. The molecule has 0 aliphatic heterocycles. The molecule has 100 valence electrons. The summed E-state index contributed by atoms with van der Waals surface area (Å²) in [6.45, 7) is 0.688. The van der Waals surface area contributed by atoms with E-state index in [0.717, 1.165) is 21.5 Å². The van der Waals surface area contributed by atoms with Crippen LogP contribution in [-0.2, 0) is 13.2 Å². The first-order chi connectivity index (χ1) is 9.29. The first-order valence-electron chi connectivity index (χ1n) is 6.43. The number of aliphatic hydroxyl groups excluding tert-OH is 1. The highest BCUT2D eigenvalue weighted by Gasteiger charge is 2.25. The second kappa shape index (κ2) is 5.35. The number of halogens is 1. The normalized spacial score (nSPS) is 14.6. The summed E-state index contributed by atoms with van der Waals surface area (Å²) in [5.41, 5.74) is 1.83. The third-order valence-corrected chi connectivity index (χ3v) is 4.15. The van der Waals surface area contributed by atoms with Crippen molar-refractivity contribution in [2.45, 2.75) is 32.0 Å². The Morgan fingerprint density at radius 1 is 1.42 bits per heavy atom. The highest BCUT2D eigenvalue weighted by atomic mass is 79.9. The van der Waals surface area contributed by atoms with Crippen molar-refractivity contribution in [2.75, 3.05) is 5.32 Å². The lowest BCUT2D eigenvalue weighted by Crippen LogP contribution is -2.09. The number of aliphatic hydroxyl groups is 1. The van der Waals surface area contributed by atoms with E-state index in [2.05, 4.69) is 30.8 Å². The van der Waals surface area contributed by atoms with Crippen LogP contribution in [0.2, 0.25) is 0 Å². The molecule has 1 aliphatic carbocycles. The standard InChI is InChI=1S/C14H16BrN3O/c15-12-2-1-3-13(11(12)9-19)17-8-14-16-6-7-18(14)10-4-5-10/h1-3,6-7,10,17,19H,4-5,8-9H2. The van der Waals surface area contributed by atoms with Gasteiger partial charge >= 0.3 is 0 Å². The molecule has 1 fully saturated rings. The average molecular weight is 322 g/mol. The van der Waals surface area contributed by atoms with Gasteiger partial charge in [-0.2, -0.15) is 0 Å². The van der Waals surface area contributed by atoms with Crippen LogP contribution in [0.25, 0.3) is 0 Å². The minimum atomic E-state index is 0.0147. The van der Waals surface area contributed by atoms with Crippen LogP contribution >= 0.6 is 15.9 Å². The van der Waals surface area contributed by atoms with Crippen molar-refractivity contribution in [1.82, 2.24) is 9.55 Å². The Hall–Kier alpha value is -1.33.